The van der Waals surface area contributed by atoms with Gasteiger partial charge < -0.3 is 16.2 Å². The molecule has 1 aromatic carbocycles. The Balaban J connectivity index is 1.77. The number of nitrogens with two attached hydrogens (primary N) is 1. The van der Waals surface area contributed by atoms with Gasteiger partial charge >= 0.3 is 0 Å². The fraction of sp³-hybridized carbons (Fsp3) is 0.389. The molecule has 0 spiro atoms. The number of amides is 2. The molecule has 1 aromatic heterocycles. The maximum absolute atomic E-state index is 12.4. The third kappa shape index (κ3) is 3.35. The summed E-state index contributed by atoms with van der Waals surface area (Å²) in [5.41, 5.74) is 8.22. The molecule has 0 saturated heterocycles. The molecule has 1 fully saturated rings. The second-order valence-corrected chi connectivity index (χ2v) is 6.61. The second kappa shape index (κ2) is 6.58. The summed E-state index contributed by atoms with van der Waals surface area (Å²) < 4.78 is 1.51. The summed E-state index contributed by atoms with van der Waals surface area (Å²) in [4.78, 5) is 23.7. The van der Waals surface area contributed by atoms with Crippen LogP contribution in [-0.2, 0) is 4.79 Å². The van der Waals surface area contributed by atoms with Gasteiger partial charge in [-0.3, -0.25) is 9.59 Å². The average Bonchev–Trinajstić information content (AvgIpc) is 3.17. The maximum Gasteiger partial charge on any atom is 0.275 e. The molecule has 1 saturated carbocycles. The normalized spacial score (nSPS) is 19.8. The lowest BCUT2D eigenvalue weighted by molar-refractivity contribution is -0.121. The van der Waals surface area contributed by atoms with Gasteiger partial charge in [-0.2, -0.15) is 5.10 Å². The van der Waals surface area contributed by atoms with Crippen molar-refractivity contribution >= 4 is 11.8 Å². The summed E-state index contributed by atoms with van der Waals surface area (Å²) in [5, 5.41) is 17.2. The van der Waals surface area contributed by atoms with Gasteiger partial charge in [0.15, 0.2) is 11.4 Å². The molecular weight excluding hydrogens is 320 g/mol. The van der Waals surface area contributed by atoms with Crippen LogP contribution >= 0.6 is 0 Å². The van der Waals surface area contributed by atoms with Gasteiger partial charge in [-0.05, 0) is 50.3 Å². The van der Waals surface area contributed by atoms with Crippen LogP contribution in [-0.4, -0.2) is 32.7 Å². The SMILES string of the molecule is Cc1cccc(-n2cc(O)c(C(=O)N[C@@H]3CC[C@H](C(N)=O)C3)n2)c1C. The quantitative estimate of drug-likeness (QED) is 0.783. The molecule has 0 unspecified atom stereocenters. The largest absolute Gasteiger partial charge is 0.504 e. The number of nitrogens with one attached hydrogen (secondary N) is 1. The number of nitrogens with zero attached hydrogens (tertiary/aromatic N) is 2. The third-order valence-electron chi connectivity index (χ3n) is 4.90. The first-order valence-corrected chi connectivity index (χ1v) is 8.32. The van der Waals surface area contributed by atoms with E-state index in [2.05, 4.69) is 10.4 Å². The number of carbonyl (C=O) groups excluding carboxylic acids is 2. The lowest BCUT2D eigenvalue weighted by Crippen LogP contribution is -2.34. The van der Waals surface area contributed by atoms with Crippen molar-refractivity contribution in [2.24, 2.45) is 11.7 Å². The number of hydrogen-bond acceptors (Lipinski definition) is 4. The molecule has 2 atom stereocenters. The molecule has 3 rings (SSSR count). The van der Waals surface area contributed by atoms with Gasteiger partial charge in [0.2, 0.25) is 5.91 Å². The Kier molecular flexibility index (Phi) is 4.48. The highest BCUT2D eigenvalue weighted by Crippen LogP contribution is 2.26. The first-order valence-electron chi connectivity index (χ1n) is 8.32. The first-order chi connectivity index (χ1) is 11.9. The molecule has 25 heavy (non-hydrogen) atoms. The van der Waals surface area contributed by atoms with Crippen molar-refractivity contribution in [2.45, 2.75) is 39.2 Å². The summed E-state index contributed by atoms with van der Waals surface area (Å²) in [6.45, 7) is 3.96. The summed E-state index contributed by atoms with van der Waals surface area (Å²) in [6, 6.07) is 5.64. The van der Waals surface area contributed by atoms with Gasteiger partial charge in [0.1, 0.15) is 0 Å². The van der Waals surface area contributed by atoms with Gasteiger partial charge in [-0.1, -0.05) is 12.1 Å². The fourth-order valence-corrected chi connectivity index (χ4v) is 3.26. The zero-order valence-corrected chi connectivity index (χ0v) is 14.3. The van der Waals surface area contributed by atoms with Crippen molar-refractivity contribution in [3.8, 4) is 11.4 Å². The maximum atomic E-state index is 12.4. The van der Waals surface area contributed by atoms with Crippen LogP contribution in [0.3, 0.4) is 0 Å². The smallest absolute Gasteiger partial charge is 0.275 e. The van der Waals surface area contributed by atoms with Crippen LogP contribution in [0.4, 0.5) is 0 Å². The fourth-order valence-electron chi connectivity index (χ4n) is 3.26. The monoisotopic (exact) mass is 342 g/mol. The lowest BCUT2D eigenvalue weighted by atomic mass is 10.1. The van der Waals surface area contributed by atoms with Crippen LogP contribution in [0.5, 0.6) is 5.75 Å². The van der Waals surface area contributed by atoms with Gasteiger partial charge in [0, 0.05) is 12.0 Å². The van der Waals surface area contributed by atoms with E-state index in [0.717, 1.165) is 16.8 Å². The Hall–Kier alpha value is -2.83. The van der Waals surface area contributed by atoms with Gasteiger partial charge in [-0.25, -0.2) is 4.68 Å². The minimum atomic E-state index is -0.448. The van der Waals surface area contributed by atoms with E-state index in [1.165, 1.54) is 10.9 Å². The minimum absolute atomic E-state index is 0.0246. The predicted octanol–water partition coefficient (Wildman–Crippen LogP) is 1.58. The van der Waals surface area contributed by atoms with Crippen molar-refractivity contribution in [2.75, 3.05) is 0 Å². The minimum Gasteiger partial charge on any atom is -0.504 e. The molecule has 1 aliphatic carbocycles. The van der Waals surface area contributed by atoms with Crippen LogP contribution in [0.25, 0.3) is 5.69 Å². The van der Waals surface area contributed by atoms with E-state index in [1.807, 2.05) is 32.0 Å². The Morgan fingerprint density at radius 3 is 2.76 bits per heavy atom. The van der Waals surface area contributed by atoms with E-state index in [9.17, 15) is 14.7 Å². The molecular formula is C18H22N4O3. The van der Waals surface area contributed by atoms with Crippen molar-refractivity contribution in [1.82, 2.24) is 15.1 Å². The zero-order chi connectivity index (χ0) is 18.1. The Morgan fingerprint density at radius 1 is 1.32 bits per heavy atom. The summed E-state index contributed by atoms with van der Waals surface area (Å²) in [7, 11) is 0. The molecule has 0 bridgehead atoms. The summed E-state index contributed by atoms with van der Waals surface area (Å²) >= 11 is 0. The van der Waals surface area contributed by atoms with Crippen LogP contribution in [0.1, 0.15) is 40.9 Å². The second-order valence-electron chi connectivity index (χ2n) is 6.61. The Bertz CT molecular complexity index is 828. The van der Waals surface area contributed by atoms with Gasteiger partial charge in [0.25, 0.3) is 5.91 Å². The molecule has 1 aliphatic rings. The van der Waals surface area contributed by atoms with E-state index in [-0.39, 0.29) is 29.3 Å². The molecule has 4 N–H and O–H groups in total. The van der Waals surface area contributed by atoms with Gasteiger partial charge in [-0.15, -0.1) is 0 Å². The number of aryl methyl sites for hydroxylation is 1. The molecule has 132 valence electrons. The zero-order valence-electron chi connectivity index (χ0n) is 14.3. The number of rotatable bonds is 4. The number of primary amides is 1. The molecule has 7 heteroatoms. The van der Waals surface area contributed by atoms with Gasteiger partial charge in [0.05, 0.1) is 11.9 Å². The van der Waals surface area contributed by atoms with Crippen LogP contribution in [0, 0.1) is 19.8 Å². The van der Waals surface area contributed by atoms with Crippen LogP contribution < -0.4 is 11.1 Å². The van der Waals surface area contributed by atoms with Crippen molar-refractivity contribution < 1.29 is 14.7 Å². The summed E-state index contributed by atoms with van der Waals surface area (Å²) in [5.74, 6) is -1.16. The number of hydrogen-bond donors (Lipinski definition) is 3. The lowest BCUT2D eigenvalue weighted by Gasteiger charge is -2.11. The Labute approximate surface area is 145 Å². The molecule has 0 radical (unpaired) electrons. The highest BCUT2D eigenvalue weighted by atomic mass is 16.3. The molecule has 1 heterocycles. The highest BCUT2D eigenvalue weighted by molar-refractivity contribution is 5.95. The molecule has 2 aromatic rings. The van der Waals surface area contributed by atoms with E-state index >= 15 is 0 Å². The van der Waals surface area contributed by atoms with Crippen LogP contribution in [0.2, 0.25) is 0 Å². The molecule has 7 nitrogen and oxygen atoms in total. The number of aromatic hydroxyl groups is 1. The van der Waals surface area contributed by atoms with Crippen molar-refractivity contribution in [1.29, 1.82) is 0 Å². The van der Waals surface area contributed by atoms with E-state index in [4.69, 9.17) is 5.73 Å². The molecule has 2 amide bonds. The standard InChI is InChI=1S/C18H22N4O3/c1-10-4-3-5-14(11(10)2)22-9-15(23)16(21-22)18(25)20-13-7-6-12(8-13)17(19)24/h3-5,9,12-13,23H,6-8H2,1-2H3,(H2,19,24)(H,20,25)/t12-,13+/m0/s1. The van der Waals surface area contributed by atoms with E-state index < -0.39 is 5.91 Å². The molecule has 0 aliphatic heterocycles. The Morgan fingerprint density at radius 2 is 2.08 bits per heavy atom. The highest BCUT2D eigenvalue weighted by Gasteiger charge is 2.30. The number of benzene rings is 1. The van der Waals surface area contributed by atoms with E-state index in [0.29, 0.717) is 19.3 Å². The van der Waals surface area contributed by atoms with Crippen LogP contribution in [0.15, 0.2) is 24.4 Å². The third-order valence-corrected chi connectivity index (χ3v) is 4.90. The average molecular weight is 342 g/mol. The summed E-state index contributed by atoms with van der Waals surface area (Å²) in [6.07, 6.45) is 3.32. The van der Waals surface area contributed by atoms with Crippen molar-refractivity contribution in [3.63, 3.8) is 0 Å². The van der Waals surface area contributed by atoms with E-state index in [1.54, 1.807) is 0 Å². The number of carbonyl (C=O) groups is 2. The van der Waals surface area contributed by atoms with Crippen molar-refractivity contribution in [3.05, 3.63) is 41.2 Å². The predicted molar refractivity (Wildman–Crippen MR) is 92.5 cm³/mol. The topological polar surface area (TPSA) is 110 Å². The first kappa shape index (κ1) is 17.0. The number of aromatic nitrogens is 2.